The number of fused-ring (bicyclic) bond motifs is 1. The summed E-state index contributed by atoms with van der Waals surface area (Å²) in [6.07, 6.45) is -1.03. The van der Waals surface area contributed by atoms with Crippen molar-refractivity contribution in [2.45, 2.75) is 17.9 Å². The summed E-state index contributed by atoms with van der Waals surface area (Å²) < 4.78 is 38.8. The molecule has 2 aromatic carbocycles. The highest BCUT2D eigenvalue weighted by Gasteiger charge is 2.18. The molecule has 0 amide bonds. The van der Waals surface area contributed by atoms with Crippen molar-refractivity contribution in [3.05, 3.63) is 58.6 Å². The van der Waals surface area contributed by atoms with E-state index >= 15 is 0 Å². The standard InChI is InChI=1S/C18H20N2O6S/c1-12-3-5-14(6-4-12)25-11-13(21)10-19-27(23,24)15-7-8-16-17(9-15)26-18(22)20(16)2/h3-9,13,19,21H,10-11H2,1-2H3/t13-/m0/s1. The molecule has 3 aromatic rings. The Kier molecular flexibility index (Phi) is 5.36. The lowest BCUT2D eigenvalue weighted by atomic mass is 10.2. The number of ether oxygens (including phenoxy) is 1. The van der Waals surface area contributed by atoms with Gasteiger partial charge in [-0.15, -0.1) is 0 Å². The van der Waals surface area contributed by atoms with E-state index in [-0.39, 0.29) is 23.6 Å². The molecule has 9 heteroatoms. The zero-order valence-electron chi connectivity index (χ0n) is 14.9. The number of sulfonamides is 1. The van der Waals surface area contributed by atoms with Crippen LogP contribution in [-0.4, -0.2) is 37.3 Å². The number of aromatic nitrogens is 1. The Hall–Kier alpha value is -2.62. The molecule has 3 rings (SSSR count). The van der Waals surface area contributed by atoms with Crippen LogP contribution in [0.25, 0.3) is 11.1 Å². The van der Waals surface area contributed by atoms with Crippen molar-refractivity contribution in [1.82, 2.24) is 9.29 Å². The summed E-state index contributed by atoms with van der Waals surface area (Å²) in [5, 5.41) is 9.97. The third kappa shape index (κ3) is 4.38. The van der Waals surface area contributed by atoms with Crippen LogP contribution in [0.3, 0.4) is 0 Å². The maximum atomic E-state index is 12.4. The maximum Gasteiger partial charge on any atom is 0.419 e. The molecule has 0 fully saturated rings. The molecule has 1 aromatic heterocycles. The van der Waals surface area contributed by atoms with Crippen molar-refractivity contribution < 1.29 is 22.7 Å². The second-order valence-corrected chi connectivity index (χ2v) is 7.95. The predicted molar refractivity (Wildman–Crippen MR) is 99.3 cm³/mol. The number of rotatable bonds is 7. The van der Waals surface area contributed by atoms with Crippen LogP contribution in [0.4, 0.5) is 0 Å². The van der Waals surface area contributed by atoms with Crippen LogP contribution in [0.15, 0.2) is 56.6 Å². The Bertz CT molecular complexity index is 1100. The Morgan fingerprint density at radius 1 is 1.22 bits per heavy atom. The fraction of sp³-hybridized carbons (Fsp3) is 0.278. The monoisotopic (exact) mass is 392 g/mol. The number of oxazole rings is 1. The van der Waals surface area contributed by atoms with Crippen LogP contribution in [0.2, 0.25) is 0 Å². The molecule has 27 heavy (non-hydrogen) atoms. The van der Waals surface area contributed by atoms with Gasteiger partial charge < -0.3 is 14.3 Å². The van der Waals surface area contributed by atoms with Gasteiger partial charge in [0.05, 0.1) is 10.4 Å². The molecule has 2 N–H and O–H groups in total. The molecular weight excluding hydrogens is 372 g/mol. The molecule has 0 aliphatic heterocycles. The first-order valence-corrected chi connectivity index (χ1v) is 9.71. The highest BCUT2D eigenvalue weighted by atomic mass is 32.2. The van der Waals surface area contributed by atoms with Crippen molar-refractivity contribution in [2.75, 3.05) is 13.2 Å². The molecule has 0 saturated carbocycles. The molecule has 1 heterocycles. The van der Waals surface area contributed by atoms with Crippen LogP contribution in [0.5, 0.6) is 5.75 Å². The average molecular weight is 392 g/mol. The molecule has 1 atom stereocenters. The van der Waals surface area contributed by atoms with E-state index in [0.29, 0.717) is 11.3 Å². The predicted octanol–water partition coefficient (Wildman–Crippen LogP) is 1.16. The van der Waals surface area contributed by atoms with E-state index in [1.54, 1.807) is 12.1 Å². The Balaban J connectivity index is 1.62. The highest BCUT2D eigenvalue weighted by Crippen LogP contribution is 2.18. The van der Waals surface area contributed by atoms with Gasteiger partial charge in [0.2, 0.25) is 10.0 Å². The lowest BCUT2D eigenvalue weighted by Gasteiger charge is -2.13. The van der Waals surface area contributed by atoms with Crippen molar-refractivity contribution in [3.63, 3.8) is 0 Å². The third-order valence-electron chi connectivity index (χ3n) is 4.05. The summed E-state index contributed by atoms with van der Waals surface area (Å²) >= 11 is 0. The first-order chi connectivity index (χ1) is 12.8. The third-order valence-corrected chi connectivity index (χ3v) is 5.47. The first kappa shape index (κ1) is 19.2. The lowest BCUT2D eigenvalue weighted by molar-refractivity contribution is 0.111. The number of aliphatic hydroxyl groups excluding tert-OH is 1. The van der Waals surface area contributed by atoms with Gasteiger partial charge in [-0.1, -0.05) is 17.7 Å². The first-order valence-electron chi connectivity index (χ1n) is 8.23. The van der Waals surface area contributed by atoms with Crippen molar-refractivity contribution in [2.24, 2.45) is 7.05 Å². The summed E-state index contributed by atoms with van der Waals surface area (Å²) in [7, 11) is -2.34. The number of benzene rings is 2. The van der Waals surface area contributed by atoms with Gasteiger partial charge in [0.15, 0.2) is 5.58 Å². The molecule has 0 aliphatic carbocycles. The number of nitrogens with zero attached hydrogens (tertiary/aromatic N) is 1. The van der Waals surface area contributed by atoms with Gasteiger partial charge >= 0.3 is 5.76 Å². The summed E-state index contributed by atoms with van der Waals surface area (Å²) in [6, 6.07) is 11.4. The molecule has 8 nitrogen and oxygen atoms in total. The number of nitrogens with one attached hydrogen (secondary N) is 1. The highest BCUT2D eigenvalue weighted by molar-refractivity contribution is 7.89. The van der Waals surface area contributed by atoms with Crippen molar-refractivity contribution in [1.29, 1.82) is 0 Å². The van der Waals surface area contributed by atoms with E-state index < -0.39 is 21.9 Å². The van der Waals surface area contributed by atoms with Gasteiger partial charge in [0.25, 0.3) is 0 Å². The van der Waals surface area contributed by atoms with E-state index in [1.165, 1.54) is 29.8 Å². The summed E-state index contributed by atoms with van der Waals surface area (Å²) in [4.78, 5) is 11.4. The Morgan fingerprint density at radius 3 is 2.63 bits per heavy atom. The smallest absolute Gasteiger partial charge is 0.419 e. The van der Waals surface area contributed by atoms with Gasteiger partial charge in [-0.05, 0) is 31.2 Å². The molecule has 0 radical (unpaired) electrons. The summed E-state index contributed by atoms with van der Waals surface area (Å²) in [5.41, 5.74) is 1.75. The zero-order valence-corrected chi connectivity index (χ0v) is 15.7. The molecule has 0 spiro atoms. The van der Waals surface area contributed by atoms with Crippen LogP contribution in [0.1, 0.15) is 5.56 Å². The minimum absolute atomic E-state index is 0.0574. The van der Waals surface area contributed by atoms with E-state index in [9.17, 15) is 18.3 Å². The van der Waals surface area contributed by atoms with Crippen LogP contribution < -0.4 is 15.2 Å². The second-order valence-electron chi connectivity index (χ2n) is 6.19. The fourth-order valence-corrected chi connectivity index (χ4v) is 3.54. The van der Waals surface area contributed by atoms with E-state index in [4.69, 9.17) is 9.15 Å². The number of hydrogen-bond acceptors (Lipinski definition) is 6. The topological polar surface area (TPSA) is 111 Å². The van der Waals surface area contributed by atoms with Crippen molar-refractivity contribution in [3.8, 4) is 5.75 Å². The molecule has 0 bridgehead atoms. The molecular formula is C18H20N2O6S. The minimum atomic E-state index is -3.88. The quantitative estimate of drug-likeness (QED) is 0.624. The van der Waals surface area contributed by atoms with Gasteiger partial charge in [-0.2, -0.15) is 0 Å². The number of aryl methyl sites for hydroxylation is 2. The zero-order chi connectivity index (χ0) is 19.6. The molecule has 144 valence electrons. The molecule has 0 saturated heterocycles. The van der Waals surface area contributed by atoms with Gasteiger partial charge in [0, 0.05) is 19.7 Å². The van der Waals surface area contributed by atoms with E-state index in [1.807, 2.05) is 19.1 Å². The Labute approximate surface area is 156 Å². The van der Waals surface area contributed by atoms with Crippen LogP contribution in [-0.2, 0) is 17.1 Å². The summed E-state index contributed by atoms with van der Waals surface area (Å²) in [5.74, 6) is 0.0169. The minimum Gasteiger partial charge on any atom is -0.491 e. The summed E-state index contributed by atoms with van der Waals surface area (Å²) in [6.45, 7) is 1.68. The van der Waals surface area contributed by atoms with Crippen LogP contribution in [0, 0.1) is 6.92 Å². The van der Waals surface area contributed by atoms with E-state index in [2.05, 4.69) is 4.72 Å². The number of aliphatic hydroxyl groups is 1. The SMILES string of the molecule is Cc1ccc(OC[C@@H](O)CNS(=O)(=O)c2ccc3c(c2)oc(=O)n3C)cc1. The maximum absolute atomic E-state index is 12.4. The second kappa shape index (κ2) is 7.55. The van der Waals surface area contributed by atoms with Gasteiger partial charge in [-0.25, -0.2) is 17.9 Å². The Morgan fingerprint density at radius 2 is 1.93 bits per heavy atom. The fourth-order valence-electron chi connectivity index (χ4n) is 2.46. The van der Waals surface area contributed by atoms with Gasteiger partial charge in [-0.3, -0.25) is 4.57 Å². The normalized spacial score (nSPS) is 13.0. The van der Waals surface area contributed by atoms with Crippen LogP contribution >= 0.6 is 0 Å². The van der Waals surface area contributed by atoms with Crippen molar-refractivity contribution >= 4 is 21.1 Å². The number of hydrogen-bond donors (Lipinski definition) is 2. The lowest BCUT2D eigenvalue weighted by Crippen LogP contribution is -2.35. The average Bonchev–Trinajstić information content (AvgIpc) is 2.93. The van der Waals surface area contributed by atoms with E-state index in [0.717, 1.165) is 5.56 Å². The van der Waals surface area contributed by atoms with Gasteiger partial charge in [0.1, 0.15) is 18.5 Å². The largest absolute Gasteiger partial charge is 0.491 e. The molecule has 0 unspecified atom stereocenters. The molecule has 0 aliphatic rings.